The maximum absolute atomic E-state index is 11.9. The zero-order valence-electron chi connectivity index (χ0n) is 9.85. The summed E-state index contributed by atoms with van der Waals surface area (Å²) in [7, 11) is 0. The number of hydrogen-bond donors (Lipinski definition) is 2. The Hall–Kier alpha value is -1.84. The largest absolute Gasteiger partial charge is 0.481 e. The Balaban J connectivity index is 2.80. The van der Waals surface area contributed by atoms with Gasteiger partial charge in [0, 0.05) is 6.54 Å². The fraction of sp³-hybridized carbons (Fsp3) is 0.385. The van der Waals surface area contributed by atoms with Crippen LogP contribution in [0.5, 0.6) is 0 Å². The van der Waals surface area contributed by atoms with Gasteiger partial charge in [-0.05, 0) is 12.0 Å². The third-order valence-corrected chi connectivity index (χ3v) is 2.45. The van der Waals surface area contributed by atoms with E-state index < -0.39 is 11.9 Å². The van der Waals surface area contributed by atoms with E-state index in [1.165, 1.54) is 0 Å². The molecule has 0 aliphatic heterocycles. The molecular weight excluding hydrogens is 218 g/mol. The highest BCUT2D eigenvalue weighted by Crippen LogP contribution is 2.19. The topological polar surface area (TPSA) is 66.4 Å². The summed E-state index contributed by atoms with van der Waals surface area (Å²) < 4.78 is 0. The molecule has 1 amide bonds. The minimum Gasteiger partial charge on any atom is -0.481 e. The second kappa shape index (κ2) is 6.68. The van der Waals surface area contributed by atoms with E-state index in [-0.39, 0.29) is 12.3 Å². The second-order valence-electron chi connectivity index (χ2n) is 3.85. The molecule has 0 aliphatic carbocycles. The number of hydrogen-bond acceptors (Lipinski definition) is 2. The first kappa shape index (κ1) is 13.2. The third kappa shape index (κ3) is 4.26. The van der Waals surface area contributed by atoms with Crippen LogP contribution in [0.4, 0.5) is 0 Å². The molecule has 2 N–H and O–H groups in total. The van der Waals surface area contributed by atoms with Crippen LogP contribution in [0, 0.1) is 0 Å². The Labute approximate surface area is 101 Å². The van der Waals surface area contributed by atoms with Crippen molar-refractivity contribution in [2.75, 3.05) is 6.54 Å². The van der Waals surface area contributed by atoms with Gasteiger partial charge in [-0.25, -0.2) is 0 Å². The van der Waals surface area contributed by atoms with Crippen LogP contribution in [0.1, 0.15) is 31.2 Å². The first-order valence-corrected chi connectivity index (χ1v) is 5.69. The predicted molar refractivity (Wildman–Crippen MR) is 64.7 cm³/mol. The van der Waals surface area contributed by atoms with E-state index in [9.17, 15) is 9.59 Å². The Morgan fingerprint density at radius 2 is 1.94 bits per heavy atom. The number of rotatable bonds is 6. The highest BCUT2D eigenvalue weighted by molar-refractivity contribution is 5.87. The van der Waals surface area contributed by atoms with Gasteiger partial charge in [0.2, 0.25) is 5.91 Å². The van der Waals surface area contributed by atoms with Gasteiger partial charge in [0.05, 0.1) is 12.3 Å². The molecule has 0 radical (unpaired) electrons. The number of carbonyl (C=O) groups excluding carboxylic acids is 1. The third-order valence-electron chi connectivity index (χ3n) is 2.45. The number of carboxylic acid groups (broad SMARTS) is 1. The van der Waals surface area contributed by atoms with Crippen LogP contribution in [-0.2, 0) is 9.59 Å². The number of carboxylic acids is 1. The van der Waals surface area contributed by atoms with Gasteiger partial charge >= 0.3 is 5.97 Å². The van der Waals surface area contributed by atoms with Crippen molar-refractivity contribution in [3.05, 3.63) is 35.9 Å². The number of carbonyl (C=O) groups is 2. The van der Waals surface area contributed by atoms with Gasteiger partial charge in [-0.1, -0.05) is 37.3 Å². The summed E-state index contributed by atoms with van der Waals surface area (Å²) in [4.78, 5) is 22.6. The lowest BCUT2D eigenvalue weighted by atomic mass is 9.95. The van der Waals surface area contributed by atoms with Crippen LogP contribution in [0.15, 0.2) is 30.3 Å². The van der Waals surface area contributed by atoms with Crippen LogP contribution in [0.3, 0.4) is 0 Å². The van der Waals surface area contributed by atoms with Crippen molar-refractivity contribution in [1.29, 1.82) is 0 Å². The maximum atomic E-state index is 11.9. The average Bonchev–Trinajstić information content (AvgIpc) is 2.34. The fourth-order valence-electron chi connectivity index (χ4n) is 1.59. The first-order valence-electron chi connectivity index (χ1n) is 5.69. The summed E-state index contributed by atoms with van der Waals surface area (Å²) in [5, 5.41) is 11.6. The minimum absolute atomic E-state index is 0.181. The van der Waals surface area contributed by atoms with E-state index in [1.54, 1.807) is 24.3 Å². The van der Waals surface area contributed by atoms with Crippen LogP contribution in [0.2, 0.25) is 0 Å². The number of benzene rings is 1. The Morgan fingerprint density at radius 3 is 2.47 bits per heavy atom. The van der Waals surface area contributed by atoms with E-state index >= 15 is 0 Å². The maximum Gasteiger partial charge on any atom is 0.304 e. The van der Waals surface area contributed by atoms with Gasteiger partial charge in [-0.3, -0.25) is 9.59 Å². The molecule has 1 atom stereocenters. The van der Waals surface area contributed by atoms with Crippen LogP contribution in [0.25, 0.3) is 0 Å². The van der Waals surface area contributed by atoms with Crippen molar-refractivity contribution in [3.63, 3.8) is 0 Å². The SMILES string of the molecule is CCCNC(=O)C(CC(=O)O)c1ccccc1. The van der Waals surface area contributed by atoms with Crippen molar-refractivity contribution >= 4 is 11.9 Å². The molecule has 0 bridgehead atoms. The van der Waals surface area contributed by atoms with Gasteiger partial charge in [0.25, 0.3) is 0 Å². The molecule has 0 aliphatic rings. The molecular formula is C13H17NO3. The monoisotopic (exact) mass is 235 g/mol. The summed E-state index contributed by atoms with van der Waals surface area (Å²) in [6.45, 7) is 2.52. The lowest BCUT2D eigenvalue weighted by molar-refractivity contribution is -0.139. The van der Waals surface area contributed by atoms with E-state index in [2.05, 4.69) is 5.32 Å². The minimum atomic E-state index is -0.967. The van der Waals surface area contributed by atoms with Gasteiger partial charge in [-0.2, -0.15) is 0 Å². The Morgan fingerprint density at radius 1 is 1.29 bits per heavy atom. The molecule has 92 valence electrons. The molecule has 0 aromatic heterocycles. The van der Waals surface area contributed by atoms with Crippen molar-refractivity contribution < 1.29 is 14.7 Å². The zero-order valence-corrected chi connectivity index (χ0v) is 9.85. The van der Waals surface area contributed by atoms with Crippen LogP contribution in [-0.4, -0.2) is 23.5 Å². The molecule has 0 heterocycles. The fourth-order valence-corrected chi connectivity index (χ4v) is 1.59. The molecule has 0 saturated heterocycles. The molecule has 1 unspecified atom stereocenters. The highest BCUT2D eigenvalue weighted by atomic mass is 16.4. The zero-order chi connectivity index (χ0) is 12.7. The summed E-state index contributed by atoms with van der Waals surface area (Å²) in [5.74, 6) is -1.80. The van der Waals surface area contributed by atoms with E-state index in [1.807, 2.05) is 13.0 Å². The van der Waals surface area contributed by atoms with Crippen molar-refractivity contribution in [3.8, 4) is 0 Å². The van der Waals surface area contributed by atoms with Gasteiger partial charge < -0.3 is 10.4 Å². The molecule has 1 rings (SSSR count). The van der Waals surface area contributed by atoms with Crippen LogP contribution < -0.4 is 5.32 Å². The average molecular weight is 235 g/mol. The van der Waals surface area contributed by atoms with E-state index in [4.69, 9.17) is 5.11 Å². The van der Waals surface area contributed by atoms with E-state index in [0.717, 1.165) is 12.0 Å². The van der Waals surface area contributed by atoms with Crippen molar-refractivity contribution in [2.24, 2.45) is 0 Å². The lowest BCUT2D eigenvalue weighted by Crippen LogP contribution is -2.31. The second-order valence-corrected chi connectivity index (χ2v) is 3.85. The molecule has 1 aromatic carbocycles. The van der Waals surface area contributed by atoms with Gasteiger partial charge in [-0.15, -0.1) is 0 Å². The standard InChI is InChI=1S/C13H17NO3/c1-2-8-14-13(17)11(9-12(15)16)10-6-4-3-5-7-10/h3-7,11H,2,8-9H2,1H3,(H,14,17)(H,15,16). The molecule has 4 heteroatoms. The smallest absolute Gasteiger partial charge is 0.304 e. The molecule has 0 saturated carbocycles. The molecule has 0 fully saturated rings. The number of nitrogens with one attached hydrogen (secondary N) is 1. The summed E-state index contributed by atoms with van der Waals surface area (Å²) in [6.07, 6.45) is 0.653. The number of amides is 1. The van der Waals surface area contributed by atoms with Crippen molar-refractivity contribution in [1.82, 2.24) is 5.32 Å². The molecule has 1 aromatic rings. The summed E-state index contributed by atoms with van der Waals surface area (Å²) in [6, 6.07) is 9.00. The first-order chi connectivity index (χ1) is 8.15. The van der Waals surface area contributed by atoms with Crippen molar-refractivity contribution in [2.45, 2.75) is 25.7 Å². The Kier molecular flexibility index (Phi) is 5.20. The quantitative estimate of drug-likeness (QED) is 0.789. The highest BCUT2D eigenvalue weighted by Gasteiger charge is 2.22. The molecule has 4 nitrogen and oxygen atoms in total. The molecule has 0 spiro atoms. The summed E-state index contributed by atoms with van der Waals surface area (Å²) in [5.41, 5.74) is 0.739. The van der Waals surface area contributed by atoms with Crippen LogP contribution >= 0.6 is 0 Å². The Bertz CT molecular complexity index is 376. The summed E-state index contributed by atoms with van der Waals surface area (Å²) >= 11 is 0. The van der Waals surface area contributed by atoms with E-state index in [0.29, 0.717) is 6.54 Å². The lowest BCUT2D eigenvalue weighted by Gasteiger charge is -2.14. The molecule has 17 heavy (non-hydrogen) atoms. The van der Waals surface area contributed by atoms with Gasteiger partial charge in [0.1, 0.15) is 0 Å². The normalized spacial score (nSPS) is 11.8. The predicted octanol–water partition coefficient (Wildman–Crippen LogP) is 1.77. The number of aliphatic carboxylic acids is 1. The van der Waals surface area contributed by atoms with Gasteiger partial charge in [0.15, 0.2) is 0 Å².